The molecule has 0 aliphatic carbocycles. The molecule has 1 heterocycles. The summed E-state index contributed by atoms with van der Waals surface area (Å²) in [4.78, 5) is 2.31. The highest BCUT2D eigenvalue weighted by atomic mass is 35.5. The van der Waals surface area contributed by atoms with Gasteiger partial charge in [0.1, 0.15) is 0 Å². The Kier molecular flexibility index (Phi) is 4.98. The number of thioether (sulfide) groups is 1. The minimum absolute atomic E-state index is 0.0451. The molecule has 0 spiro atoms. The van der Waals surface area contributed by atoms with Crippen molar-refractivity contribution >= 4 is 46.3 Å². The van der Waals surface area contributed by atoms with E-state index in [-0.39, 0.29) is 11.3 Å². The van der Waals surface area contributed by atoms with Crippen LogP contribution in [0.25, 0.3) is 0 Å². The second-order valence-corrected chi connectivity index (χ2v) is 7.39. The molecule has 18 heavy (non-hydrogen) atoms. The van der Waals surface area contributed by atoms with Crippen LogP contribution in [0.15, 0.2) is 41.3 Å². The SMILES string of the molecule is CC(N)C(Sc1cccc(Cl)c1)c1ccc(Cl)s1. The first-order valence-corrected chi connectivity index (χ1v) is 7.94. The number of nitrogens with two attached hydrogens (primary N) is 1. The van der Waals surface area contributed by atoms with E-state index >= 15 is 0 Å². The molecule has 0 saturated carbocycles. The Morgan fingerprint density at radius 1 is 1.22 bits per heavy atom. The van der Waals surface area contributed by atoms with Crippen molar-refractivity contribution in [2.75, 3.05) is 0 Å². The molecule has 1 aromatic carbocycles. The van der Waals surface area contributed by atoms with E-state index in [1.807, 2.05) is 43.3 Å². The lowest BCUT2D eigenvalue weighted by Gasteiger charge is -2.19. The Balaban J connectivity index is 2.22. The highest BCUT2D eigenvalue weighted by Crippen LogP contribution is 2.41. The normalized spacial score (nSPS) is 14.4. The van der Waals surface area contributed by atoms with Gasteiger partial charge in [-0.1, -0.05) is 29.3 Å². The van der Waals surface area contributed by atoms with E-state index < -0.39 is 0 Å². The third kappa shape index (κ3) is 3.65. The van der Waals surface area contributed by atoms with Crippen molar-refractivity contribution in [3.63, 3.8) is 0 Å². The smallest absolute Gasteiger partial charge is 0.0931 e. The molecule has 5 heteroatoms. The van der Waals surface area contributed by atoms with Gasteiger partial charge in [-0.05, 0) is 37.3 Å². The summed E-state index contributed by atoms with van der Waals surface area (Å²) in [6, 6.07) is 11.8. The number of halogens is 2. The number of thiophene rings is 1. The Hall–Kier alpha value is -0.190. The van der Waals surface area contributed by atoms with Crippen LogP contribution in [0.5, 0.6) is 0 Å². The first-order chi connectivity index (χ1) is 8.56. The number of rotatable bonds is 4. The summed E-state index contributed by atoms with van der Waals surface area (Å²) in [6.07, 6.45) is 0. The van der Waals surface area contributed by atoms with Crippen LogP contribution in [0, 0.1) is 0 Å². The fourth-order valence-electron chi connectivity index (χ4n) is 1.59. The lowest BCUT2D eigenvalue weighted by molar-refractivity contribution is 0.730. The molecule has 2 N–H and O–H groups in total. The van der Waals surface area contributed by atoms with E-state index in [4.69, 9.17) is 28.9 Å². The van der Waals surface area contributed by atoms with Gasteiger partial charge in [0.15, 0.2) is 0 Å². The van der Waals surface area contributed by atoms with Gasteiger partial charge in [-0.2, -0.15) is 0 Å². The largest absolute Gasteiger partial charge is 0.327 e. The molecular weight excluding hydrogens is 305 g/mol. The topological polar surface area (TPSA) is 26.0 Å². The van der Waals surface area contributed by atoms with Crippen LogP contribution in [-0.2, 0) is 0 Å². The quantitative estimate of drug-likeness (QED) is 0.781. The highest BCUT2D eigenvalue weighted by Gasteiger charge is 2.19. The summed E-state index contributed by atoms with van der Waals surface area (Å²) < 4.78 is 0.794. The molecule has 96 valence electrons. The molecule has 0 saturated heterocycles. The van der Waals surface area contributed by atoms with E-state index in [1.165, 1.54) is 4.88 Å². The molecule has 0 radical (unpaired) electrons. The minimum Gasteiger partial charge on any atom is -0.327 e. The summed E-state index contributed by atoms with van der Waals surface area (Å²) in [5.74, 6) is 0. The maximum Gasteiger partial charge on any atom is 0.0931 e. The Morgan fingerprint density at radius 3 is 2.56 bits per heavy atom. The fourth-order valence-corrected chi connectivity index (χ4v) is 4.35. The fraction of sp³-hybridized carbons (Fsp3) is 0.231. The predicted molar refractivity (Wildman–Crippen MR) is 83.0 cm³/mol. The summed E-state index contributed by atoms with van der Waals surface area (Å²) in [6.45, 7) is 2.01. The zero-order valence-electron chi connectivity index (χ0n) is 9.77. The van der Waals surface area contributed by atoms with Crippen LogP contribution in [0.4, 0.5) is 0 Å². The molecule has 2 atom stereocenters. The van der Waals surface area contributed by atoms with E-state index in [0.29, 0.717) is 0 Å². The van der Waals surface area contributed by atoms with Crippen LogP contribution in [0.1, 0.15) is 17.1 Å². The Morgan fingerprint density at radius 2 is 2.00 bits per heavy atom. The molecule has 0 amide bonds. The molecule has 0 bridgehead atoms. The highest BCUT2D eigenvalue weighted by molar-refractivity contribution is 7.99. The molecule has 0 aliphatic rings. The Bertz CT molecular complexity index is 525. The van der Waals surface area contributed by atoms with Crippen LogP contribution in [0.3, 0.4) is 0 Å². The molecule has 0 aliphatic heterocycles. The third-order valence-electron chi connectivity index (χ3n) is 2.41. The summed E-state index contributed by atoms with van der Waals surface area (Å²) in [7, 11) is 0. The average molecular weight is 318 g/mol. The van der Waals surface area contributed by atoms with E-state index in [2.05, 4.69) is 0 Å². The molecule has 1 aromatic heterocycles. The van der Waals surface area contributed by atoms with Gasteiger partial charge >= 0.3 is 0 Å². The van der Waals surface area contributed by atoms with Crippen molar-refractivity contribution in [1.29, 1.82) is 0 Å². The van der Waals surface area contributed by atoms with Crippen LogP contribution in [-0.4, -0.2) is 6.04 Å². The second-order valence-electron chi connectivity index (χ2n) is 4.00. The van der Waals surface area contributed by atoms with Crippen LogP contribution < -0.4 is 5.73 Å². The summed E-state index contributed by atoms with van der Waals surface area (Å²) >= 11 is 15.3. The summed E-state index contributed by atoms with van der Waals surface area (Å²) in [5.41, 5.74) is 6.07. The van der Waals surface area contributed by atoms with Crippen molar-refractivity contribution in [2.45, 2.75) is 23.1 Å². The van der Waals surface area contributed by atoms with Crippen molar-refractivity contribution in [3.8, 4) is 0 Å². The monoisotopic (exact) mass is 317 g/mol. The van der Waals surface area contributed by atoms with Gasteiger partial charge in [0, 0.05) is 20.8 Å². The van der Waals surface area contributed by atoms with E-state index in [9.17, 15) is 0 Å². The van der Waals surface area contributed by atoms with Gasteiger partial charge in [0.2, 0.25) is 0 Å². The maximum absolute atomic E-state index is 6.07. The molecule has 2 rings (SSSR count). The van der Waals surface area contributed by atoms with E-state index in [1.54, 1.807) is 23.1 Å². The standard InChI is InChI=1S/C13H13Cl2NS2/c1-8(16)13(11-5-6-12(15)18-11)17-10-4-2-3-9(14)7-10/h2-8,13H,16H2,1H3. The Labute approximate surface area is 125 Å². The van der Waals surface area contributed by atoms with E-state index in [0.717, 1.165) is 14.3 Å². The third-order valence-corrected chi connectivity index (χ3v) is 5.57. The van der Waals surface area contributed by atoms with Gasteiger partial charge in [-0.3, -0.25) is 0 Å². The van der Waals surface area contributed by atoms with Gasteiger partial charge in [-0.25, -0.2) is 0 Å². The van der Waals surface area contributed by atoms with Gasteiger partial charge in [0.25, 0.3) is 0 Å². The van der Waals surface area contributed by atoms with Gasteiger partial charge < -0.3 is 5.73 Å². The molecule has 1 nitrogen and oxygen atoms in total. The van der Waals surface area contributed by atoms with Crippen molar-refractivity contribution < 1.29 is 0 Å². The zero-order chi connectivity index (χ0) is 13.1. The second kappa shape index (κ2) is 6.31. The first kappa shape index (κ1) is 14.2. The number of hydrogen-bond donors (Lipinski definition) is 1. The van der Waals surface area contributed by atoms with Crippen molar-refractivity contribution in [2.24, 2.45) is 5.73 Å². The maximum atomic E-state index is 6.07. The molecule has 2 aromatic rings. The average Bonchev–Trinajstić information content (AvgIpc) is 2.72. The van der Waals surface area contributed by atoms with Crippen molar-refractivity contribution in [3.05, 3.63) is 50.6 Å². The number of hydrogen-bond acceptors (Lipinski definition) is 3. The molecular formula is C13H13Cl2NS2. The minimum atomic E-state index is 0.0451. The molecule has 0 fully saturated rings. The lowest BCUT2D eigenvalue weighted by atomic mass is 10.2. The van der Waals surface area contributed by atoms with Gasteiger partial charge in [-0.15, -0.1) is 23.1 Å². The lowest BCUT2D eigenvalue weighted by Crippen LogP contribution is -2.21. The van der Waals surface area contributed by atoms with Crippen molar-refractivity contribution in [1.82, 2.24) is 0 Å². The van der Waals surface area contributed by atoms with Gasteiger partial charge in [0.05, 0.1) is 9.59 Å². The molecule has 2 unspecified atom stereocenters. The predicted octanol–water partition coefficient (Wildman–Crippen LogP) is 5.24. The zero-order valence-corrected chi connectivity index (χ0v) is 12.9. The van der Waals surface area contributed by atoms with Crippen LogP contribution >= 0.6 is 46.3 Å². The summed E-state index contributed by atoms with van der Waals surface area (Å²) in [5, 5.41) is 0.939. The number of benzene rings is 1. The first-order valence-electron chi connectivity index (χ1n) is 5.49. The van der Waals surface area contributed by atoms with Crippen LogP contribution in [0.2, 0.25) is 9.36 Å².